The Morgan fingerprint density at radius 1 is 1.15 bits per heavy atom. The summed E-state index contributed by atoms with van der Waals surface area (Å²) < 4.78 is 38.3. The van der Waals surface area contributed by atoms with Gasteiger partial charge in [0.25, 0.3) is 0 Å². The third-order valence-corrected chi connectivity index (χ3v) is 4.67. The monoisotopic (exact) mass is 365 g/mol. The van der Waals surface area contributed by atoms with Crippen LogP contribution in [-0.4, -0.2) is 35.8 Å². The van der Waals surface area contributed by atoms with E-state index in [0.29, 0.717) is 0 Å². The Morgan fingerprint density at radius 2 is 1.92 bits per heavy atom. The van der Waals surface area contributed by atoms with Crippen LogP contribution >= 0.6 is 0 Å². The van der Waals surface area contributed by atoms with Gasteiger partial charge in [0.05, 0.1) is 11.7 Å². The minimum atomic E-state index is -4.40. The van der Waals surface area contributed by atoms with Gasteiger partial charge >= 0.3 is 6.18 Å². The molecule has 1 atom stereocenters. The number of aliphatic hydroxyl groups is 1. The van der Waals surface area contributed by atoms with E-state index in [1.54, 1.807) is 6.20 Å². The number of aliphatic hydroxyl groups excluding tert-OH is 1. The second-order valence-corrected chi connectivity index (χ2v) is 6.50. The minimum Gasteiger partial charge on any atom is -0.387 e. The van der Waals surface area contributed by atoms with Crippen LogP contribution in [0.1, 0.15) is 30.1 Å². The fourth-order valence-corrected chi connectivity index (χ4v) is 3.17. The van der Waals surface area contributed by atoms with Crippen molar-refractivity contribution in [1.29, 1.82) is 0 Å². The lowest BCUT2D eigenvalue weighted by Gasteiger charge is -2.33. The van der Waals surface area contributed by atoms with E-state index in [1.165, 1.54) is 12.1 Å². The minimum absolute atomic E-state index is 0.232. The lowest BCUT2D eigenvalue weighted by Crippen LogP contribution is -2.43. The summed E-state index contributed by atoms with van der Waals surface area (Å²) in [5.41, 5.74) is -0.462. The fraction of sp³-hybridized carbons (Fsp3) is 0.421. The smallest absolute Gasteiger partial charge is 0.387 e. The van der Waals surface area contributed by atoms with Gasteiger partial charge in [0, 0.05) is 31.9 Å². The summed E-state index contributed by atoms with van der Waals surface area (Å²) in [4.78, 5) is 6.55. The molecule has 0 amide bonds. The van der Waals surface area contributed by atoms with Crippen molar-refractivity contribution in [3.8, 4) is 0 Å². The molecule has 1 aromatic carbocycles. The highest BCUT2D eigenvalue weighted by atomic mass is 19.4. The number of nitrogens with zero attached hydrogens (tertiary/aromatic N) is 2. The third-order valence-electron chi connectivity index (χ3n) is 4.67. The second-order valence-electron chi connectivity index (χ2n) is 6.50. The quantitative estimate of drug-likeness (QED) is 0.853. The first-order chi connectivity index (χ1) is 12.4. The molecule has 3 rings (SSSR count). The van der Waals surface area contributed by atoms with E-state index in [1.807, 2.05) is 18.2 Å². The van der Waals surface area contributed by atoms with E-state index in [4.69, 9.17) is 0 Å². The topological polar surface area (TPSA) is 48.4 Å². The van der Waals surface area contributed by atoms with Crippen LogP contribution in [0.3, 0.4) is 0 Å². The van der Waals surface area contributed by atoms with E-state index in [-0.39, 0.29) is 18.2 Å². The predicted molar refractivity (Wildman–Crippen MR) is 93.9 cm³/mol. The highest BCUT2D eigenvalue weighted by Crippen LogP contribution is 2.30. The highest BCUT2D eigenvalue weighted by Gasteiger charge is 2.31. The zero-order valence-corrected chi connectivity index (χ0v) is 14.3. The number of hydrogen-bond donors (Lipinski definition) is 2. The summed E-state index contributed by atoms with van der Waals surface area (Å²) in [7, 11) is 0. The van der Waals surface area contributed by atoms with Crippen LogP contribution in [0.2, 0.25) is 0 Å². The van der Waals surface area contributed by atoms with Crippen molar-refractivity contribution in [2.45, 2.75) is 31.2 Å². The maximum absolute atomic E-state index is 12.8. The summed E-state index contributed by atoms with van der Waals surface area (Å²) in [5.74, 6) is 0.954. The first kappa shape index (κ1) is 18.7. The van der Waals surface area contributed by atoms with Gasteiger partial charge < -0.3 is 15.3 Å². The van der Waals surface area contributed by atoms with Gasteiger partial charge in [-0.15, -0.1) is 0 Å². The molecule has 0 aliphatic carbocycles. The molecule has 7 heteroatoms. The molecule has 0 saturated carbocycles. The molecule has 4 nitrogen and oxygen atoms in total. The lowest BCUT2D eigenvalue weighted by molar-refractivity contribution is -0.137. The summed E-state index contributed by atoms with van der Waals surface area (Å²) in [6.45, 7) is 1.94. The van der Waals surface area contributed by atoms with Crippen molar-refractivity contribution in [1.82, 2.24) is 10.3 Å². The maximum Gasteiger partial charge on any atom is 0.416 e. The Balaban J connectivity index is 1.49. The van der Waals surface area contributed by atoms with Crippen molar-refractivity contribution in [2.75, 3.05) is 24.5 Å². The van der Waals surface area contributed by atoms with Gasteiger partial charge in [-0.1, -0.05) is 18.2 Å². The average molecular weight is 365 g/mol. The normalized spacial score (nSPS) is 17.3. The zero-order valence-electron chi connectivity index (χ0n) is 14.3. The molecule has 0 radical (unpaired) electrons. The Kier molecular flexibility index (Phi) is 5.78. The Hall–Kier alpha value is -2.12. The van der Waals surface area contributed by atoms with Crippen molar-refractivity contribution in [3.05, 3.63) is 59.8 Å². The van der Waals surface area contributed by atoms with Crippen LogP contribution in [0.15, 0.2) is 48.7 Å². The first-order valence-corrected chi connectivity index (χ1v) is 8.68. The summed E-state index contributed by atoms with van der Waals surface area (Å²) in [6.07, 6.45) is -1.81. The molecule has 1 aliphatic heterocycles. The fourth-order valence-electron chi connectivity index (χ4n) is 3.17. The van der Waals surface area contributed by atoms with Gasteiger partial charge in [0.1, 0.15) is 5.82 Å². The van der Waals surface area contributed by atoms with Gasteiger partial charge in [-0.3, -0.25) is 0 Å². The average Bonchev–Trinajstić information content (AvgIpc) is 2.66. The number of alkyl halides is 3. The molecular weight excluding hydrogens is 343 g/mol. The van der Waals surface area contributed by atoms with E-state index < -0.39 is 17.8 Å². The zero-order chi connectivity index (χ0) is 18.6. The number of hydrogen-bond acceptors (Lipinski definition) is 4. The predicted octanol–water partition coefficient (Wildman–Crippen LogP) is 3.39. The molecular formula is C19H22F3N3O. The van der Waals surface area contributed by atoms with Crippen molar-refractivity contribution in [2.24, 2.45) is 0 Å². The SMILES string of the molecule is O[C@H](CNC1CCN(c2ccccn2)CC1)c1cccc(C(F)(F)F)c1. The largest absolute Gasteiger partial charge is 0.416 e. The van der Waals surface area contributed by atoms with Crippen LogP contribution in [0.4, 0.5) is 19.0 Å². The molecule has 2 N–H and O–H groups in total. The van der Waals surface area contributed by atoms with E-state index >= 15 is 0 Å². The summed E-state index contributed by atoms with van der Waals surface area (Å²) in [6, 6.07) is 10.9. The molecule has 1 fully saturated rings. The number of aromatic nitrogens is 1. The maximum atomic E-state index is 12.8. The molecule has 0 spiro atoms. The molecule has 2 heterocycles. The van der Waals surface area contributed by atoms with E-state index in [2.05, 4.69) is 15.2 Å². The van der Waals surface area contributed by atoms with E-state index in [9.17, 15) is 18.3 Å². The number of halogens is 3. The molecule has 0 bridgehead atoms. The standard InChI is InChI=1S/C19H22F3N3O/c20-19(21,22)15-5-3-4-14(12-15)17(26)13-24-16-7-10-25(11-8-16)18-6-1-2-9-23-18/h1-6,9,12,16-17,24,26H,7-8,10-11,13H2/t17-/m1/s1. The van der Waals surface area contributed by atoms with Crippen molar-refractivity contribution < 1.29 is 18.3 Å². The van der Waals surface area contributed by atoms with Crippen LogP contribution in [0.5, 0.6) is 0 Å². The third kappa shape index (κ3) is 4.74. The van der Waals surface area contributed by atoms with Crippen molar-refractivity contribution in [3.63, 3.8) is 0 Å². The number of nitrogens with one attached hydrogen (secondary N) is 1. The van der Waals surface area contributed by atoms with Gasteiger partial charge in [0.15, 0.2) is 0 Å². The Labute approximate surface area is 150 Å². The molecule has 140 valence electrons. The first-order valence-electron chi connectivity index (χ1n) is 8.68. The van der Waals surface area contributed by atoms with Gasteiger partial charge in [-0.25, -0.2) is 4.98 Å². The number of rotatable bonds is 5. The van der Waals surface area contributed by atoms with Crippen LogP contribution in [-0.2, 0) is 6.18 Å². The van der Waals surface area contributed by atoms with Gasteiger partial charge in [-0.05, 0) is 42.7 Å². The van der Waals surface area contributed by atoms with Crippen LogP contribution in [0, 0.1) is 0 Å². The molecule has 2 aromatic rings. The number of pyridine rings is 1. The van der Waals surface area contributed by atoms with Crippen molar-refractivity contribution >= 4 is 5.82 Å². The van der Waals surface area contributed by atoms with Gasteiger partial charge in [-0.2, -0.15) is 13.2 Å². The molecule has 0 unspecified atom stereocenters. The second kappa shape index (κ2) is 8.05. The highest BCUT2D eigenvalue weighted by molar-refractivity contribution is 5.38. The molecule has 1 aromatic heterocycles. The lowest BCUT2D eigenvalue weighted by atomic mass is 10.0. The Morgan fingerprint density at radius 3 is 2.58 bits per heavy atom. The number of piperidine rings is 1. The molecule has 1 saturated heterocycles. The number of anilines is 1. The van der Waals surface area contributed by atoms with E-state index in [0.717, 1.165) is 43.9 Å². The molecule has 1 aliphatic rings. The van der Waals surface area contributed by atoms with Gasteiger partial charge in [0.2, 0.25) is 0 Å². The summed E-state index contributed by atoms with van der Waals surface area (Å²) >= 11 is 0. The number of benzene rings is 1. The summed E-state index contributed by atoms with van der Waals surface area (Å²) in [5, 5.41) is 13.5. The van der Waals surface area contributed by atoms with Crippen LogP contribution < -0.4 is 10.2 Å². The Bertz CT molecular complexity index is 701. The van der Waals surface area contributed by atoms with Crippen LogP contribution in [0.25, 0.3) is 0 Å². The molecule has 26 heavy (non-hydrogen) atoms.